The van der Waals surface area contributed by atoms with Gasteiger partial charge in [-0.3, -0.25) is 0 Å². The van der Waals surface area contributed by atoms with Crippen LogP contribution in [0.25, 0.3) is 0 Å². The SMILES string of the molecule is CCC[CH2][SnH][F].O. The van der Waals surface area contributed by atoms with Crippen molar-refractivity contribution < 1.29 is 8.34 Å². The zero-order valence-corrected chi connectivity index (χ0v) is 7.87. The molecular formula is C4H12FOSn. The topological polar surface area (TPSA) is 31.5 Å². The van der Waals surface area contributed by atoms with Gasteiger partial charge in [-0.1, -0.05) is 0 Å². The van der Waals surface area contributed by atoms with Crippen molar-refractivity contribution in [1.29, 1.82) is 0 Å². The van der Waals surface area contributed by atoms with Gasteiger partial charge in [0, 0.05) is 0 Å². The fourth-order valence-corrected chi connectivity index (χ4v) is 1.89. The minimum absolute atomic E-state index is 0. The van der Waals surface area contributed by atoms with Gasteiger partial charge in [-0.25, -0.2) is 0 Å². The second kappa shape index (κ2) is 9.85. The first-order valence-corrected chi connectivity index (χ1v) is 5.91. The van der Waals surface area contributed by atoms with Crippen molar-refractivity contribution in [3.8, 4) is 0 Å². The Hall–Kier alpha value is 0.689. The molecule has 0 heterocycles. The van der Waals surface area contributed by atoms with Crippen LogP contribution in [0.5, 0.6) is 0 Å². The van der Waals surface area contributed by atoms with E-state index in [9.17, 15) is 2.87 Å². The molecule has 7 heavy (non-hydrogen) atoms. The Morgan fingerprint density at radius 2 is 2.14 bits per heavy atom. The number of hydrogen-bond donors (Lipinski definition) is 0. The molecule has 1 radical (unpaired) electrons. The van der Waals surface area contributed by atoms with Gasteiger partial charge in [0.1, 0.15) is 0 Å². The third-order valence-electron chi connectivity index (χ3n) is 0.667. The van der Waals surface area contributed by atoms with Crippen molar-refractivity contribution in [3.05, 3.63) is 0 Å². The standard InChI is InChI=1S/C4H9.FH.H2O.Sn.H/c1-3-4-2;;;;/h1,3-4H2,2H3;1H;1H2;;/q;;;+1;/p-1. The molecule has 0 atom stereocenters. The quantitative estimate of drug-likeness (QED) is 0.489. The predicted molar refractivity (Wildman–Crippen MR) is 31.6 cm³/mol. The van der Waals surface area contributed by atoms with Gasteiger partial charge in [-0.2, -0.15) is 0 Å². The number of unbranched alkanes of at least 4 members (excludes halogenated alkanes) is 1. The predicted octanol–water partition coefficient (Wildman–Crippen LogP) is 0.701. The number of rotatable bonds is 3. The van der Waals surface area contributed by atoms with Crippen molar-refractivity contribution >= 4 is 21.7 Å². The molecule has 0 aromatic heterocycles. The summed E-state index contributed by atoms with van der Waals surface area (Å²) in [5, 5.41) is 0. The van der Waals surface area contributed by atoms with E-state index in [2.05, 4.69) is 6.92 Å². The smallest absolute Gasteiger partial charge is 0.412 e. The van der Waals surface area contributed by atoms with Gasteiger partial charge in [0.15, 0.2) is 0 Å². The first kappa shape index (κ1) is 10.6. The average molecular weight is 214 g/mol. The molecule has 0 aliphatic heterocycles. The third-order valence-corrected chi connectivity index (χ3v) is 2.45. The van der Waals surface area contributed by atoms with Gasteiger partial charge in [-0.15, -0.1) is 0 Å². The van der Waals surface area contributed by atoms with E-state index in [1.54, 1.807) is 0 Å². The Bertz CT molecular complexity index is 23.7. The Labute approximate surface area is 54.6 Å². The third kappa shape index (κ3) is 10.8. The summed E-state index contributed by atoms with van der Waals surface area (Å²) in [7, 11) is 0. The van der Waals surface area contributed by atoms with Crippen LogP contribution < -0.4 is 0 Å². The summed E-state index contributed by atoms with van der Waals surface area (Å²) in [5.41, 5.74) is 0. The first-order chi connectivity index (χ1) is 2.91. The minimum atomic E-state index is -1.45. The second-order valence-electron chi connectivity index (χ2n) is 1.30. The summed E-state index contributed by atoms with van der Waals surface area (Å²) < 4.78 is 12.3. The maximum absolute atomic E-state index is 11.4. The molecule has 0 bridgehead atoms. The van der Waals surface area contributed by atoms with Crippen LogP contribution in [0.15, 0.2) is 0 Å². The molecule has 0 unspecified atom stereocenters. The molecule has 0 aliphatic rings. The van der Waals surface area contributed by atoms with E-state index in [0.29, 0.717) is 0 Å². The molecule has 3 heteroatoms. The molecule has 0 saturated heterocycles. The monoisotopic (exact) mass is 215 g/mol. The largest absolute Gasteiger partial charge is 0.412 e. The molecule has 0 amide bonds. The zero-order valence-electron chi connectivity index (χ0n) is 4.58. The zero-order chi connectivity index (χ0) is 4.83. The maximum atomic E-state index is 11.4. The van der Waals surface area contributed by atoms with E-state index >= 15 is 0 Å². The Balaban J connectivity index is 0. The Morgan fingerprint density at radius 1 is 1.57 bits per heavy atom. The van der Waals surface area contributed by atoms with Crippen molar-refractivity contribution in [2.75, 3.05) is 0 Å². The summed E-state index contributed by atoms with van der Waals surface area (Å²) >= 11 is -1.45. The van der Waals surface area contributed by atoms with Crippen LogP contribution in [0.2, 0.25) is 4.44 Å². The fraction of sp³-hybridized carbons (Fsp3) is 1.00. The van der Waals surface area contributed by atoms with Gasteiger partial charge >= 0.3 is 48.8 Å². The van der Waals surface area contributed by atoms with Crippen LogP contribution in [0.3, 0.4) is 0 Å². The molecular weight excluding hydrogens is 202 g/mol. The van der Waals surface area contributed by atoms with Crippen molar-refractivity contribution in [2.45, 2.75) is 24.2 Å². The molecule has 0 spiro atoms. The van der Waals surface area contributed by atoms with E-state index in [1.807, 2.05) is 0 Å². The Morgan fingerprint density at radius 3 is 2.29 bits per heavy atom. The van der Waals surface area contributed by atoms with Gasteiger partial charge < -0.3 is 5.48 Å². The molecule has 0 saturated carbocycles. The Kier molecular flexibility index (Phi) is 15.0. The van der Waals surface area contributed by atoms with E-state index < -0.39 is 21.7 Å². The van der Waals surface area contributed by atoms with Gasteiger partial charge in [0.25, 0.3) is 0 Å². The van der Waals surface area contributed by atoms with E-state index in [4.69, 9.17) is 0 Å². The first-order valence-electron chi connectivity index (χ1n) is 2.33. The second-order valence-corrected chi connectivity index (χ2v) is 3.83. The van der Waals surface area contributed by atoms with E-state index in [-0.39, 0.29) is 5.48 Å². The van der Waals surface area contributed by atoms with Crippen LogP contribution >= 0.6 is 0 Å². The van der Waals surface area contributed by atoms with Crippen LogP contribution in [0.4, 0.5) is 2.87 Å². The molecule has 0 aromatic carbocycles. The molecule has 0 aliphatic carbocycles. The molecule has 0 rings (SSSR count). The normalized spacial score (nSPS) is 7.71. The molecule has 2 N–H and O–H groups in total. The summed E-state index contributed by atoms with van der Waals surface area (Å²) in [6.07, 6.45) is 2.29. The van der Waals surface area contributed by atoms with Gasteiger partial charge in [0.2, 0.25) is 0 Å². The van der Waals surface area contributed by atoms with Gasteiger partial charge in [-0.05, 0) is 0 Å². The van der Waals surface area contributed by atoms with Crippen molar-refractivity contribution in [1.82, 2.24) is 0 Å². The molecule has 1 nitrogen and oxygen atoms in total. The molecule has 0 fully saturated rings. The fourth-order valence-electron chi connectivity index (χ4n) is 0.281. The summed E-state index contributed by atoms with van der Waals surface area (Å²) in [5.74, 6) is 0. The summed E-state index contributed by atoms with van der Waals surface area (Å²) in [6.45, 7) is 2.10. The van der Waals surface area contributed by atoms with Crippen LogP contribution in [-0.4, -0.2) is 27.2 Å². The van der Waals surface area contributed by atoms with Gasteiger partial charge in [0.05, 0.1) is 0 Å². The van der Waals surface area contributed by atoms with Crippen molar-refractivity contribution in [2.24, 2.45) is 0 Å². The molecule has 0 aromatic rings. The average Bonchev–Trinajstić information content (AvgIpc) is 1.61. The minimum Gasteiger partial charge on any atom is -0.412 e. The van der Waals surface area contributed by atoms with Crippen LogP contribution in [0, 0.1) is 0 Å². The van der Waals surface area contributed by atoms with Crippen LogP contribution in [-0.2, 0) is 0 Å². The summed E-state index contributed by atoms with van der Waals surface area (Å²) in [4.78, 5) is 0. The molecule has 45 valence electrons. The van der Waals surface area contributed by atoms with Crippen LogP contribution in [0.1, 0.15) is 19.8 Å². The number of halogens is 1. The summed E-state index contributed by atoms with van der Waals surface area (Å²) in [6, 6.07) is 0. The van der Waals surface area contributed by atoms with E-state index in [1.165, 1.54) is 0 Å². The van der Waals surface area contributed by atoms with E-state index in [0.717, 1.165) is 17.3 Å². The number of hydrogen-bond acceptors (Lipinski definition) is 0. The maximum Gasteiger partial charge on any atom is -0.412 e. The van der Waals surface area contributed by atoms with Crippen molar-refractivity contribution in [3.63, 3.8) is 0 Å².